The highest BCUT2D eigenvalue weighted by Gasteiger charge is 2.65. The number of fused-ring (bicyclic) bond motifs is 1. The molecule has 1 aliphatic heterocycles. The lowest BCUT2D eigenvalue weighted by Crippen LogP contribution is -2.34. The summed E-state index contributed by atoms with van der Waals surface area (Å²) in [7, 11) is 0. The third-order valence-corrected chi connectivity index (χ3v) is 4.34. The number of piperidine rings is 1. The van der Waals surface area contributed by atoms with Crippen molar-refractivity contribution in [2.75, 3.05) is 26.3 Å². The summed E-state index contributed by atoms with van der Waals surface area (Å²) in [5.74, 6) is 1.05. The maximum atomic E-state index is 12.0. The van der Waals surface area contributed by atoms with Crippen molar-refractivity contribution >= 4 is 0 Å². The Morgan fingerprint density at radius 1 is 1.29 bits per heavy atom. The highest BCUT2D eigenvalue weighted by Crippen LogP contribution is 2.62. The molecule has 2 nitrogen and oxygen atoms in total. The summed E-state index contributed by atoms with van der Waals surface area (Å²) in [6.45, 7) is 7.51. The molecule has 2 fully saturated rings. The van der Waals surface area contributed by atoms with Gasteiger partial charge in [0.2, 0.25) is 0 Å². The molecule has 1 saturated heterocycles. The molecule has 17 heavy (non-hydrogen) atoms. The Bertz CT molecular complexity index is 278. The van der Waals surface area contributed by atoms with E-state index in [0.717, 1.165) is 13.1 Å². The first-order valence-electron chi connectivity index (χ1n) is 6.12. The van der Waals surface area contributed by atoms with Gasteiger partial charge in [-0.25, -0.2) is 0 Å². The van der Waals surface area contributed by atoms with Gasteiger partial charge in [-0.1, -0.05) is 6.92 Å². The van der Waals surface area contributed by atoms with Crippen molar-refractivity contribution in [3.8, 4) is 0 Å². The number of ether oxygens (including phenoxy) is 1. The predicted octanol–water partition coefficient (Wildman–Crippen LogP) is 2.54. The lowest BCUT2D eigenvalue weighted by atomic mass is 10.0. The van der Waals surface area contributed by atoms with Gasteiger partial charge in [-0.15, -0.1) is 0 Å². The van der Waals surface area contributed by atoms with Crippen LogP contribution in [0.5, 0.6) is 0 Å². The van der Waals surface area contributed by atoms with Crippen molar-refractivity contribution in [2.45, 2.75) is 33.0 Å². The average Bonchev–Trinajstić information content (AvgIpc) is 2.61. The van der Waals surface area contributed by atoms with Crippen molar-refractivity contribution in [2.24, 2.45) is 17.3 Å². The molecule has 1 heterocycles. The maximum absolute atomic E-state index is 12.0. The van der Waals surface area contributed by atoms with Crippen LogP contribution in [0.1, 0.15) is 20.8 Å². The first-order chi connectivity index (χ1) is 7.74. The molecule has 0 aromatic carbocycles. The largest absolute Gasteiger partial charge is 0.411 e. The lowest BCUT2D eigenvalue weighted by Gasteiger charge is -2.27. The molecular weight excluding hydrogens is 231 g/mol. The quantitative estimate of drug-likeness (QED) is 0.761. The minimum atomic E-state index is -4.20. The SMILES string of the molecule is CC(C)N1C[C@@H]2[C@H](C1)C2(C)COCC(F)(F)F. The second kappa shape index (κ2) is 4.12. The van der Waals surface area contributed by atoms with Crippen LogP contribution in [0.25, 0.3) is 0 Å². The van der Waals surface area contributed by atoms with E-state index >= 15 is 0 Å². The van der Waals surface area contributed by atoms with Crippen LogP contribution in [-0.4, -0.2) is 43.4 Å². The molecule has 0 radical (unpaired) electrons. The van der Waals surface area contributed by atoms with Crippen molar-refractivity contribution in [1.82, 2.24) is 4.90 Å². The van der Waals surface area contributed by atoms with Crippen molar-refractivity contribution in [1.29, 1.82) is 0 Å². The van der Waals surface area contributed by atoms with E-state index in [-0.39, 0.29) is 12.0 Å². The Morgan fingerprint density at radius 2 is 1.82 bits per heavy atom. The molecule has 0 bridgehead atoms. The van der Waals surface area contributed by atoms with E-state index in [9.17, 15) is 13.2 Å². The van der Waals surface area contributed by atoms with E-state index in [0.29, 0.717) is 17.9 Å². The van der Waals surface area contributed by atoms with Crippen LogP contribution in [0.15, 0.2) is 0 Å². The standard InChI is InChI=1S/C12H20F3NO/c1-8(2)16-4-9-10(5-16)11(9,3)6-17-7-12(13,14)15/h8-10H,4-7H2,1-3H3/t9-,10+,11?. The second-order valence-corrected chi connectivity index (χ2v) is 5.87. The summed E-state index contributed by atoms with van der Waals surface area (Å²) in [6, 6.07) is 0.531. The first kappa shape index (κ1) is 13.1. The Kier molecular flexibility index (Phi) is 3.19. The van der Waals surface area contributed by atoms with Crippen molar-refractivity contribution < 1.29 is 17.9 Å². The van der Waals surface area contributed by atoms with Crippen molar-refractivity contribution in [3.05, 3.63) is 0 Å². The second-order valence-electron chi connectivity index (χ2n) is 5.87. The number of halogens is 3. The van der Waals surface area contributed by atoms with Crippen LogP contribution in [0.3, 0.4) is 0 Å². The van der Waals surface area contributed by atoms with Gasteiger partial charge in [0.15, 0.2) is 0 Å². The van der Waals surface area contributed by atoms with Gasteiger partial charge in [0.05, 0.1) is 6.61 Å². The van der Waals surface area contributed by atoms with Crippen LogP contribution in [0, 0.1) is 17.3 Å². The van der Waals surface area contributed by atoms with Gasteiger partial charge in [-0.05, 0) is 31.1 Å². The van der Waals surface area contributed by atoms with Gasteiger partial charge in [0.1, 0.15) is 6.61 Å². The fourth-order valence-corrected chi connectivity index (χ4v) is 3.04. The van der Waals surface area contributed by atoms with Gasteiger partial charge in [0.25, 0.3) is 0 Å². The smallest absolute Gasteiger partial charge is 0.371 e. The topological polar surface area (TPSA) is 12.5 Å². The Labute approximate surface area is 100 Å². The zero-order chi connectivity index (χ0) is 12.8. The monoisotopic (exact) mass is 251 g/mol. The number of likely N-dealkylation sites (tertiary alicyclic amines) is 1. The number of nitrogens with zero attached hydrogens (tertiary/aromatic N) is 1. The highest BCUT2D eigenvalue weighted by atomic mass is 19.4. The number of hydrogen-bond acceptors (Lipinski definition) is 2. The summed E-state index contributed by atoms with van der Waals surface area (Å²) in [5.41, 5.74) is -0.0172. The Hall–Kier alpha value is -0.290. The summed E-state index contributed by atoms with van der Waals surface area (Å²) in [4.78, 5) is 2.39. The maximum Gasteiger partial charge on any atom is 0.411 e. The van der Waals surface area contributed by atoms with Crippen LogP contribution >= 0.6 is 0 Å². The molecule has 1 unspecified atom stereocenters. The fourth-order valence-electron chi connectivity index (χ4n) is 3.04. The number of rotatable bonds is 4. The van der Waals surface area contributed by atoms with Crippen LogP contribution < -0.4 is 0 Å². The Morgan fingerprint density at radius 3 is 2.24 bits per heavy atom. The van der Waals surface area contributed by atoms with E-state index in [1.54, 1.807) is 0 Å². The molecule has 0 amide bonds. The van der Waals surface area contributed by atoms with Crippen molar-refractivity contribution in [3.63, 3.8) is 0 Å². The average molecular weight is 251 g/mol. The molecule has 2 aliphatic rings. The molecule has 100 valence electrons. The van der Waals surface area contributed by atoms with Gasteiger partial charge >= 0.3 is 6.18 Å². The van der Waals surface area contributed by atoms with Gasteiger partial charge in [0, 0.05) is 19.1 Å². The lowest BCUT2D eigenvalue weighted by molar-refractivity contribution is -0.178. The minimum Gasteiger partial charge on any atom is -0.371 e. The number of alkyl halides is 3. The molecule has 5 heteroatoms. The molecule has 3 atom stereocenters. The zero-order valence-electron chi connectivity index (χ0n) is 10.5. The van der Waals surface area contributed by atoms with Gasteiger partial charge in [-0.2, -0.15) is 13.2 Å². The van der Waals surface area contributed by atoms with E-state index in [1.165, 1.54) is 0 Å². The normalized spacial score (nSPS) is 37.6. The number of hydrogen-bond donors (Lipinski definition) is 0. The fraction of sp³-hybridized carbons (Fsp3) is 1.00. The third-order valence-electron chi connectivity index (χ3n) is 4.34. The highest BCUT2D eigenvalue weighted by molar-refractivity contribution is 5.14. The zero-order valence-corrected chi connectivity index (χ0v) is 10.5. The molecule has 0 aromatic heterocycles. The first-order valence-corrected chi connectivity index (χ1v) is 6.12. The van der Waals surface area contributed by atoms with E-state index in [4.69, 9.17) is 4.74 Å². The molecule has 2 rings (SSSR count). The molecule has 0 spiro atoms. The summed E-state index contributed by atoms with van der Waals surface area (Å²) in [6.07, 6.45) is -4.20. The molecular formula is C12H20F3NO. The molecule has 0 aromatic rings. The summed E-state index contributed by atoms with van der Waals surface area (Å²) < 4.78 is 40.7. The van der Waals surface area contributed by atoms with Gasteiger partial charge < -0.3 is 9.64 Å². The summed E-state index contributed by atoms with van der Waals surface area (Å²) in [5, 5.41) is 0. The predicted molar refractivity (Wildman–Crippen MR) is 58.7 cm³/mol. The Balaban J connectivity index is 1.75. The third kappa shape index (κ3) is 2.60. The minimum absolute atomic E-state index is 0.0172. The van der Waals surface area contributed by atoms with Crippen LogP contribution in [-0.2, 0) is 4.74 Å². The van der Waals surface area contributed by atoms with Gasteiger partial charge in [-0.3, -0.25) is 0 Å². The van der Waals surface area contributed by atoms with E-state index in [1.807, 2.05) is 0 Å². The summed E-state index contributed by atoms with van der Waals surface area (Å²) >= 11 is 0. The van der Waals surface area contributed by atoms with E-state index in [2.05, 4.69) is 25.7 Å². The van der Waals surface area contributed by atoms with Crippen LogP contribution in [0.2, 0.25) is 0 Å². The molecule has 1 saturated carbocycles. The van der Waals surface area contributed by atoms with E-state index < -0.39 is 12.8 Å². The molecule has 1 aliphatic carbocycles. The molecule has 0 N–H and O–H groups in total. The van der Waals surface area contributed by atoms with Crippen LogP contribution in [0.4, 0.5) is 13.2 Å².